The predicted molar refractivity (Wildman–Crippen MR) is 92.3 cm³/mol. The highest BCUT2D eigenvalue weighted by Gasteiger charge is 2.35. The van der Waals surface area contributed by atoms with E-state index in [0.717, 1.165) is 5.56 Å². The molecule has 1 heterocycles. The monoisotopic (exact) mass is 354 g/mol. The van der Waals surface area contributed by atoms with Gasteiger partial charge in [-0.1, -0.05) is 32.9 Å². The Morgan fingerprint density at radius 2 is 1.79 bits per heavy atom. The molecule has 2 N–H and O–H groups in total. The minimum absolute atomic E-state index is 0.0441. The summed E-state index contributed by atoms with van der Waals surface area (Å²) in [6.07, 6.45) is -0.900. The molecule has 134 valence electrons. The largest absolute Gasteiger partial charge is 0.367 e. The smallest absolute Gasteiger partial charge is 0.247 e. The van der Waals surface area contributed by atoms with E-state index in [1.165, 1.54) is 4.31 Å². The van der Waals surface area contributed by atoms with Gasteiger partial charge in [-0.2, -0.15) is 4.31 Å². The van der Waals surface area contributed by atoms with E-state index in [9.17, 15) is 13.2 Å². The molecular formula is C17H26N2O4S. The van der Waals surface area contributed by atoms with Crippen molar-refractivity contribution in [3.8, 4) is 0 Å². The van der Waals surface area contributed by atoms with E-state index < -0.39 is 22.0 Å². The Bertz CT molecular complexity index is 727. The van der Waals surface area contributed by atoms with Gasteiger partial charge in [-0.15, -0.1) is 0 Å². The zero-order chi connectivity index (χ0) is 18.3. The SMILES string of the molecule is Cc1cc(C(C)(C)C)cc(C)c1S(=O)(=O)N1CCO[C@@H](C(N)=O)C1. The molecule has 0 radical (unpaired) electrons. The third-order valence-electron chi connectivity index (χ3n) is 4.27. The third kappa shape index (κ3) is 3.63. The van der Waals surface area contributed by atoms with Gasteiger partial charge in [0.1, 0.15) is 6.10 Å². The van der Waals surface area contributed by atoms with Crippen molar-refractivity contribution < 1.29 is 17.9 Å². The number of morpholine rings is 1. The topological polar surface area (TPSA) is 89.7 Å². The van der Waals surface area contributed by atoms with Crippen LogP contribution in [0.2, 0.25) is 0 Å². The number of carbonyl (C=O) groups is 1. The van der Waals surface area contributed by atoms with Crippen molar-refractivity contribution in [2.24, 2.45) is 5.73 Å². The van der Waals surface area contributed by atoms with E-state index in [4.69, 9.17) is 10.5 Å². The van der Waals surface area contributed by atoms with Gasteiger partial charge in [-0.25, -0.2) is 8.42 Å². The van der Waals surface area contributed by atoms with Gasteiger partial charge in [-0.3, -0.25) is 4.79 Å². The van der Waals surface area contributed by atoms with Crippen LogP contribution in [0.15, 0.2) is 17.0 Å². The van der Waals surface area contributed by atoms with Crippen LogP contribution in [0.1, 0.15) is 37.5 Å². The first kappa shape index (κ1) is 18.9. The Balaban J connectivity index is 2.45. The molecule has 1 aliphatic heterocycles. The summed E-state index contributed by atoms with van der Waals surface area (Å²) in [7, 11) is -3.71. The van der Waals surface area contributed by atoms with E-state index in [-0.39, 0.29) is 25.1 Å². The van der Waals surface area contributed by atoms with Crippen LogP contribution in [-0.2, 0) is 25.0 Å². The summed E-state index contributed by atoms with van der Waals surface area (Å²) < 4.78 is 32.7. The minimum Gasteiger partial charge on any atom is -0.367 e. The summed E-state index contributed by atoms with van der Waals surface area (Å²) in [6.45, 7) is 10.2. The summed E-state index contributed by atoms with van der Waals surface area (Å²) in [5.74, 6) is -0.647. The number of primary amides is 1. The molecule has 1 aromatic rings. The fraction of sp³-hybridized carbons (Fsp3) is 0.588. The molecule has 24 heavy (non-hydrogen) atoms. The first-order valence-electron chi connectivity index (χ1n) is 7.97. The maximum Gasteiger partial charge on any atom is 0.247 e. The first-order chi connectivity index (χ1) is 10.9. The van der Waals surface area contributed by atoms with E-state index in [1.807, 2.05) is 12.1 Å². The van der Waals surface area contributed by atoms with E-state index in [0.29, 0.717) is 16.0 Å². The summed E-state index contributed by atoms with van der Waals surface area (Å²) in [5.41, 5.74) is 7.70. The number of amides is 1. The number of aryl methyl sites for hydroxylation is 2. The van der Waals surface area contributed by atoms with E-state index >= 15 is 0 Å². The standard InChI is InChI=1S/C17H26N2O4S/c1-11-8-13(17(3,4)5)9-12(2)15(11)24(21,22)19-6-7-23-14(10-19)16(18)20/h8-9,14H,6-7,10H2,1-5H3,(H2,18,20)/t14-/m1/s1. The van der Waals surface area contributed by atoms with Crippen molar-refractivity contribution in [1.29, 1.82) is 0 Å². The highest BCUT2D eigenvalue weighted by molar-refractivity contribution is 7.89. The number of hydrogen-bond acceptors (Lipinski definition) is 4. The second kappa shape index (κ2) is 6.46. The Morgan fingerprint density at radius 1 is 1.25 bits per heavy atom. The molecule has 1 aromatic carbocycles. The van der Waals surface area contributed by atoms with E-state index in [2.05, 4.69) is 20.8 Å². The van der Waals surface area contributed by atoms with Crippen LogP contribution in [0.4, 0.5) is 0 Å². The summed E-state index contributed by atoms with van der Waals surface area (Å²) in [6, 6.07) is 3.85. The van der Waals surface area contributed by atoms with Gasteiger partial charge in [0.2, 0.25) is 15.9 Å². The molecule has 1 amide bonds. The maximum absolute atomic E-state index is 13.1. The lowest BCUT2D eigenvalue weighted by Crippen LogP contribution is -2.50. The number of sulfonamides is 1. The average molecular weight is 354 g/mol. The van der Waals surface area contributed by atoms with E-state index in [1.54, 1.807) is 13.8 Å². The maximum atomic E-state index is 13.1. The second-order valence-electron chi connectivity index (χ2n) is 7.31. The molecular weight excluding hydrogens is 328 g/mol. The lowest BCUT2D eigenvalue weighted by atomic mass is 9.85. The number of ether oxygens (including phenoxy) is 1. The van der Waals surface area contributed by atoms with Crippen molar-refractivity contribution in [2.45, 2.75) is 51.0 Å². The predicted octanol–water partition coefficient (Wildman–Crippen LogP) is 1.48. The average Bonchev–Trinajstić information content (AvgIpc) is 2.45. The fourth-order valence-corrected chi connectivity index (χ4v) is 4.77. The summed E-state index contributed by atoms with van der Waals surface area (Å²) in [4.78, 5) is 11.6. The lowest BCUT2D eigenvalue weighted by Gasteiger charge is -2.32. The van der Waals surface area contributed by atoms with Gasteiger partial charge in [-0.05, 0) is 36.0 Å². The zero-order valence-electron chi connectivity index (χ0n) is 14.9. The van der Waals surface area contributed by atoms with Crippen LogP contribution in [-0.4, -0.2) is 44.4 Å². The molecule has 1 fully saturated rings. The number of carbonyl (C=O) groups excluding carboxylic acids is 1. The van der Waals surface area contributed by atoms with Crippen molar-refractivity contribution >= 4 is 15.9 Å². The summed E-state index contributed by atoms with van der Waals surface area (Å²) in [5, 5.41) is 0. The molecule has 2 rings (SSSR count). The van der Waals surface area contributed by atoms with Crippen molar-refractivity contribution in [3.05, 3.63) is 28.8 Å². The number of rotatable bonds is 3. The Kier molecular flexibility index (Phi) is 5.09. The summed E-state index contributed by atoms with van der Waals surface area (Å²) >= 11 is 0. The highest BCUT2D eigenvalue weighted by Crippen LogP contribution is 2.31. The molecule has 1 atom stereocenters. The molecule has 1 saturated heterocycles. The van der Waals surface area contributed by atoms with Crippen LogP contribution in [0, 0.1) is 13.8 Å². The molecule has 0 aromatic heterocycles. The molecule has 0 bridgehead atoms. The Labute approximate surface area is 144 Å². The number of hydrogen-bond donors (Lipinski definition) is 1. The number of benzene rings is 1. The van der Waals surface area contributed by atoms with Crippen molar-refractivity contribution in [3.63, 3.8) is 0 Å². The van der Waals surface area contributed by atoms with Crippen LogP contribution >= 0.6 is 0 Å². The normalized spacial score (nSPS) is 20.1. The van der Waals surface area contributed by atoms with Gasteiger partial charge in [0.25, 0.3) is 0 Å². The Hall–Kier alpha value is -1.44. The molecule has 6 nitrogen and oxygen atoms in total. The molecule has 0 unspecified atom stereocenters. The fourth-order valence-electron chi connectivity index (χ4n) is 2.94. The van der Waals surface area contributed by atoms with Crippen LogP contribution in [0.25, 0.3) is 0 Å². The van der Waals surface area contributed by atoms with Crippen LogP contribution in [0.3, 0.4) is 0 Å². The molecule has 1 aliphatic rings. The lowest BCUT2D eigenvalue weighted by molar-refractivity contribution is -0.132. The molecule has 7 heteroatoms. The van der Waals surface area contributed by atoms with Gasteiger partial charge in [0.05, 0.1) is 11.5 Å². The van der Waals surface area contributed by atoms with Gasteiger partial charge < -0.3 is 10.5 Å². The molecule has 0 spiro atoms. The van der Waals surface area contributed by atoms with Gasteiger partial charge >= 0.3 is 0 Å². The van der Waals surface area contributed by atoms with Crippen LogP contribution in [0.5, 0.6) is 0 Å². The van der Waals surface area contributed by atoms with Gasteiger partial charge in [0.15, 0.2) is 0 Å². The second-order valence-corrected chi connectivity index (χ2v) is 9.19. The quantitative estimate of drug-likeness (QED) is 0.890. The number of nitrogens with two attached hydrogens (primary N) is 1. The molecule has 0 saturated carbocycles. The highest BCUT2D eigenvalue weighted by atomic mass is 32.2. The third-order valence-corrected chi connectivity index (χ3v) is 6.44. The zero-order valence-corrected chi connectivity index (χ0v) is 15.7. The molecule has 0 aliphatic carbocycles. The van der Waals surface area contributed by atoms with Gasteiger partial charge in [0, 0.05) is 13.1 Å². The number of nitrogens with zero attached hydrogens (tertiary/aromatic N) is 1. The van der Waals surface area contributed by atoms with Crippen molar-refractivity contribution in [2.75, 3.05) is 19.7 Å². The van der Waals surface area contributed by atoms with Crippen molar-refractivity contribution in [1.82, 2.24) is 4.31 Å². The first-order valence-corrected chi connectivity index (χ1v) is 9.41. The Morgan fingerprint density at radius 3 is 2.25 bits per heavy atom. The minimum atomic E-state index is -3.71. The van der Waals surface area contributed by atoms with Crippen LogP contribution < -0.4 is 5.73 Å².